The molecule has 0 amide bonds. The van der Waals surface area contributed by atoms with E-state index in [-0.39, 0.29) is 11.9 Å². The highest BCUT2D eigenvalue weighted by Crippen LogP contribution is 2.32. The zero-order chi connectivity index (χ0) is 13.9. The molecule has 1 aromatic carbocycles. The van der Waals surface area contributed by atoms with Crippen LogP contribution in [0.1, 0.15) is 31.6 Å². The number of halogens is 1. The van der Waals surface area contributed by atoms with Crippen LogP contribution in [-0.4, -0.2) is 19.8 Å². The van der Waals surface area contributed by atoms with Crippen LogP contribution in [-0.2, 0) is 4.74 Å². The van der Waals surface area contributed by atoms with Crippen LogP contribution in [0.2, 0.25) is 0 Å². The van der Waals surface area contributed by atoms with Gasteiger partial charge in [0.25, 0.3) is 0 Å². The highest BCUT2D eigenvalue weighted by molar-refractivity contribution is 5.78. The molecule has 1 aromatic heterocycles. The van der Waals surface area contributed by atoms with Gasteiger partial charge in [0.1, 0.15) is 17.2 Å². The Bertz CT molecular complexity index is 575. The zero-order valence-corrected chi connectivity index (χ0v) is 11.7. The molecule has 108 valence electrons. The lowest BCUT2D eigenvalue weighted by Gasteiger charge is -2.21. The first-order valence-corrected chi connectivity index (χ1v) is 7.28. The van der Waals surface area contributed by atoms with E-state index in [1.54, 1.807) is 6.07 Å². The predicted octanol–water partition coefficient (Wildman–Crippen LogP) is 3.65. The standard InChI is InChI=1S/C16H20FNO2/c1-2-6-18-16(11-5-7-19-10-11)15-9-12-8-13(17)3-4-14(12)20-15/h3-4,8-9,11,16,18H,2,5-7,10H2,1H3. The van der Waals surface area contributed by atoms with Crippen molar-refractivity contribution in [1.82, 2.24) is 5.32 Å². The number of benzene rings is 1. The lowest BCUT2D eigenvalue weighted by molar-refractivity contribution is 0.173. The molecule has 2 atom stereocenters. The van der Waals surface area contributed by atoms with Gasteiger partial charge in [-0.3, -0.25) is 0 Å². The van der Waals surface area contributed by atoms with Crippen LogP contribution in [0.15, 0.2) is 28.7 Å². The maximum absolute atomic E-state index is 13.3. The third-order valence-electron chi connectivity index (χ3n) is 3.85. The smallest absolute Gasteiger partial charge is 0.134 e. The van der Waals surface area contributed by atoms with Gasteiger partial charge >= 0.3 is 0 Å². The fourth-order valence-electron chi connectivity index (χ4n) is 2.80. The van der Waals surface area contributed by atoms with E-state index < -0.39 is 0 Å². The van der Waals surface area contributed by atoms with Gasteiger partial charge < -0.3 is 14.5 Å². The quantitative estimate of drug-likeness (QED) is 0.906. The van der Waals surface area contributed by atoms with Crippen molar-refractivity contribution in [2.45, 2.75) is 25.8 Å². The molecule has 2 heterocycles. The Kier molecular flexibility index (Phi) is 4.03. The SMILES string of the molecule is CCCNC(c1cc2cc(F)ccc2o1)C1CCOC1. The fourth-order valence-corrected chi connectivity index (χ4v) is 2.80. The van der Waals surface area contributed by atoms with Gasteiger partial charge in [-0.2, -0.15) is 0 Å². The first-order chi connectivity index (χ1) is 9.78. The van der Waals surface area contributed by atoms with Gasteiger partial charge in [-0.05, 0) is 43.7 Å². The summed E-state index contributed by atoms with van der Waals surface area (Å²) in [5, 5.41) is 4.36. The minimum atomic E-state index is -0.230. The molecule has 0 radical (unpaired) electrons. The van der Waals surface area contributed by atoms with Crippen molar-refractivity contribution in [3.63, 3.8) is 0 Å². The topological polar surface area (TPSA) is 34.4 Å². The third kappa shape index (κ3) is 2.72. The van der Waals surface area contributed by atoms with Crippen molar-refractivity contribution in [1.29, 1.82) is 0 Å². The van der Waals surface area contributed by atoms with Gasteiger partial charge in [0.2, 0.25) is 0 Å². The van der Waals surface area contributed by atoms with Crippen LogP contribution in [0.25, 0.3) is 11.0 Å². The minimum absolute atomic E-state index is 0.146. The van der Waals surface area contributed by atoms with E-state index in [2.05, 4.69) is 12.2 Å². The second-order valence-corrected chi connectivity index (χ2v) is 5.39. The summed E-state index contributed by atoms with van der Waals surface area (Å²) >= 11 is 0. The Balaban J connectivity index is 1.90. The maximum Gasteiger partial charge on any atom is 0.134 e. The molecule has 0 spiro atoms. The highest BCUT2D eigenvalue weighted by atomic mass is 19.1. The van der Waals surface area contributed by atoms with Crippen molar-refractivity contribution in [2.24, 2.45) is 5.92 Å². The summed E-state index contributed by atoms with van der Waals surface area (Å²) in [6.45, 7) is 4.65. The highest BCUT2D eigenvalue weighted by Gasteiger charge is 2.29. The molecule has 2 aromatic rings. The lowest BCUT2D eigenvalue weighted by Crippen LogP contribution is -2.29. The largest absolute Gasteiger partial charge is 0.459 e. The number of hydrogen-bond donors (Lipinski definition) is 1. The third-order valence-corrected chi connectivity index (χ3v) is 3.85. The van der Waals surface area contributed by atoms with Crippen LogP contribution >= 0.6 is 0 Å². The molecular weight excluding hydrogens is 257 g/mol. The lowest BCUT2D eigenvalue weighted by atomic mass is 9.96. The molecule has 1 aliphatic heterocycles. The van der Waals surface area contributed by atoms with E-state index >= 15 is 0 Å². The molecule has 4 heteroatoms. The molecular formula is C16H20FNO2. The van der Waals surface area contributed by atoms with E-state index in [1.807, 2.05) is 6.07 Å². The van der Waals surface area contributed by atoms with Crippen molar-refractivity contribution < 1.29 is 13.5 Å². The van der Waals surface area contributed by atoms with E-state index in [0.717, 1.165) is 49.3 Å². The minimum Gasteiger partial charge on any atom is -0.459 e. The molecule has 0 bridgehead atoms. The van der Waals surface area contributed by atoms with Gasteiger partial charge in [0.05, 0.1) is 12.6 Å². The van der Waals surface area contributed by atoms with Gasteiger partial charge in [-0.15, -0.1) is 0 Å². The van der Waals surface area contributed by atoms with E-state index in [1.165, 1.54) is 12.1 Å². The van der Waals surface area contributed by atoms with Crippen LogP contribution in [0.5, 0.6) is 0 Å². The summed E-state index contributed by atoms with van der Waals surface area (Å²) in [6.07, 6.45) is 2.10. The van der Waals surface area contributed by atoms with E-state index in [0.29, 0.717) is 5.92 Å². The van der Waals surface area contributed by atoms with Crippen LogP contribution in [0.4, 0.5) is 4.39 Å². The molecule has 0 aliphatic carbocycles. The Hall–Kier alpha value is -1.39. The summed E-state index contributed by atoms with van der Waals surface area (Å²) in [4.78, 5) is 0. The number of ether oxygens (including phenoxy) is 1. The fraction of sp³-hybridized carbons (Fsp3) is 0.500. The number of nitrogens with one attached hydrogen (secondary N) is 1. The van der Waals surface area contributed by atoms with Crippen LogP contribution in [0.3, 0.4) is 0 Å². The van der Waals surface area contributed by atoms with Crippen molar-refractivity contribution in [3.8, 4) is 0 Å². The summed E-state index contributed by atoms with van der Waals surface area (Å²) in [6, 6.07) is 6.74. The van der Waals surface area contributed by atoms with E-state index in [9.17, 15) is 4.39 Å². The van der Waals surface area contributed by atoms with Gasteiger partial charge in [0, 0.05) is 17.9 Å². The van der Waals surface area contributed by atoms with Crippen molar-refractivity contribution in [2.75, 3.05) is 19.8 Å². The Labute approximate surface area is 118 Å². The molecule has 1 aliphatic rings. The summed E-state index contributed by atoms with van der Waals surface area (Å²) in [5.74, 6) is 1.08. The first kappa shape index (κ1) is 13.6. The number of furan rings is 1. The molecule has 1 N–H and O–H groups in total. The van der Waals surface area contributed by atoms with Gasteiger partial charge in [0.15, 0.2) is 0 Å². The number of rotatable bonds is 5. The molecule has 3 rings (SSSR count). The molecule has 3 nitrogen and oxygen atoms in total. The summed E-state index contributed by atoms with van der Waals surface area (Å²) < 4.78 is 24.7. The molecule has 20 heavy (non-hydrogen) atoms. The number of fused-ring (bicyclic) bond motifs is 1. The molecule has 2 unspecified atom stereocenters. The maximum atomic E-state index is 13.3. The Morgan fingerprint density at radius 1 is 1.40 bits per heavy atom. The van der Waals surface area contributed by atoms with Crippen molar-refractivity contribution in [3.05, 3.63) is 35.8 Å². The Morgan fingerprint density at radius 2 is 2.30 bits per heavy atom. The van der Waals surface area contributed by atoms with Crippen molar-refractivity contribution >= 4 is 11.0 Å². The monoisotopic (exact) mass is 277 g/mol. The normalized spacial score (nSPS) is 20.6. The van der Waals surface area contributed by atoms with Crippen LogP contribution in [0, 0.1) is 11.7 Å². The van der Waals surface area contributed by atoms with Gasteiger partial charge in [-0.25, -0.2) is 4.39 Å². The Morgan fingerprint density at radius 3 is 3.05 bits per heavy atom. The molecule has 0 saturated carbocycles. The second kappa shape index (κ2) is 5.94. The van der Waals surface area contributed by atoms with E-state index in [4.69, 9.17) is 9.15 Å². The molecule has 1 fully saturated rings. The predicted molar refractivity (Wildman–Crippen MR) is 76.1 cm³/mol. The average Bonchev–Trinajstić information content (AvgIpc) is 3.08. The summed E-state index contributed by atoms with van der Waals surface area (Å²) in [7, 11) is 0. The van der Waals surface area contributed by atoms with Crippen LogP contribution < -0.4 is 5.32 Å². The summed E-state index contributed by atoms with van der Waals surface area (Å²) in [5.41, 5.74) is 0.739. The zero-order valence-electron chi connectivity index (χ0n) is 11.7. The average molecular weight is 277 g/mol. The second-order valence-electron chi connectivity index (χ2n) is 5.39. The molecule has 1 saturated heterocycles. The number of hydrogen-bond acceptors (Lipinski definition) is 3. The first-order valence-electron chi connectivity index (χ1n) is 7.28. The van der Waals surface area contributed by atoms with Gasteiger partial charge in [-0.1, -0.05) is 6.92 Å².